The van der Waals surface area contributed by atoms with Crippen molar-refractivity contribution in [3.8, 4) is 0 Å². The highest BCUT2D eigenvalue weighted by molar-refractivity contribution is 5.40. The lowest BCUT2D eigenvalue weighted by atomic mass is 9.86. The third-order valence-corrected chi connectivity index (χ3v) is 3.91. The van der Waals surface area contributed by atoms with E-state index in [1.54, 1.807) is 0 Å². The van der Waals surface area contributed by atoms with Crippen molar-refractivity contribution >= 4 is 0 Å². The maximum Gasteiger partial charge on any atom is 0.126 e. The van der Waals surface area contributed by atoms with E-state index < -0.39 is 17.2 Å². The summed E-state index contributed by atoms with van der Waals surface area (Å²) in [4.78, 5) is 0. The van der Waals surface area contributed by atoms with Gasteiger partial charge in [-0.05, 0) is 54.2 Å². The van der Waals surface area contributed by atoms with Gasteiger partial charge in [-0.3, -0.25) is 0 Å². The van der Waals surface area contributed by atoms with Gasteiger partial charge in [-0.15, -0.1) is 0 Å². The summed E-state index contributed by atoms with van der Waals surface area (Å²) < 4.78 is 27.0. The molecule has 0 fully saturated rings. The molecule has 0 aliphatic heterocycles. The fourth-order valence-electron chi connectivity index (χ4n) is 2.92. The first-order valence-electron chi connectivity index (χ1n) is 6.40. The molecule has 0 aromatic heterocycles. The molecule has 0 saturated carbocycles. The molecule has 0 radical (unpaired) electrons. The second-order valence-corrected chi connectivity index (χ2v) is 5.23. The zero-order valence-electron chi connectivity index (χ0n) is 10.5. The number of hydrogen-bond donors (Lipinski definition) is 1. The number of rotatable bonds is 2. The Balaban J connectivity index is 1.98. The largest absolute Gasteiger partial charge is 0.321 e. The highest BCUT2D eigenvalue weighted by Gasteiger charge is 2.35. The van der Waals surface area contributed by atoms with E-state index in [-0.39, 0.29) is 0 Å². The van der Waals surface area contributed by atoms with Crippen LogP contribution in [0.5, 0.6) is 0 Å². The number of hydrogen-bond acceptors (Lipinski definition) is 1. The van der Waals surface area contributed by atoms with Crippen molar-refractivity contribution in [1.82, 2.24) is 0 Å². The quantitative estimate of drug-likeness (QED) is 0.879. The molecule has 1 atom stereocenters. The summed E-state index contributed by atoms with van der Waals surface area (Å²) in [5, 5.41) is 0. The van der Waals surface area contributed by atoms with Crippen molar-refractivity contribution in [3.63, 3.8) is 0 Å². The van der Waals surface area contributed by atoms with E-state index in [0.29, 0.717) is 12.0 Å². The number of fused-ring (bicyclic) bond motifs is 1. The topological polar surface area (TPSA) is 26.0 Å². The molecule has 1 aliphatic carbocycles. The number of aryl methyl sites for hydroxylation is 1. The number of benzene rings is 2. The van der Waals surface area contributed by atoms with Crippen molar-refractivity contribution in [2.75, 3.05) is 0 Å². The molecule has 2 N–H and O–H groups in total. The first kappa shape index (κ1) is 12.3. The van der Waals surface area contributed by atoms with E-state index >= 15 is 0 Å². The van der Waals surface area contributed by atoms with E-state index in [4.69, 9.17) is 5.73 Å². The highest BCUT2D eigenvalue weighted by Crippen LogP contribution is 2.37. The van der Waals surface area contributed by atoms with Crippen LogP contribution in [0.1, 0.15) is 23.1 Å². The average Bonchev–Trinajstić information content (AvgIpc) is 2.73. The smallest absolute Gasteiger partial charge is 0.126 e. The van der Waals surface area contributed by atoms with Crippen LogP contribution in [0, 0.1) is 11.6 Å². The summed E-state index contributed by atoms with van der Waals surface area (Å²) in [6, 6.07) is 11.5. The van der Waals surface area contributed by atoms with E-state index in [0.717, 1.165) is 30.5 Å². The Morgan fingerprint density at radius 2 is 1.89 bits per heavy atom. The van der Waals surface area contributed by atoms with Crippen LogP contribution >= 0.6 is 0 Å². The first-order chi connectivity index (χ1) is 9.08. The van der Waals surface area contributed by atoms with Crippen molar-refractivity contribution in [3.05, 3.63) is 70.8 Å². The summed E-state index contributed by atoms with van der Waals surface area (Å²) in [7, 11) is 0. The van der Waals surface area contributed by atoms with Crippen LogP contribution in [0.15, 0.2) is 42.5 Å². The van der Waals surface area contributed by atoms with Crippen LogP contribution in [0.4, 0.5) is 8.78 Å². The fraction of sp³-hybridized carbons (Fsp3) is 0.250. The minimum Gasteiger partial charge on any atom is -0.321 e. The van der Waals surface area contributed by atoms with Crippen LogP contribution in [-0.4, -0.2) is 0 Å². The normalized spacial score (nSPS) is 21.4. The predicted octanol–water partition coefficient (Wildman–Crippen LogP) is 3.31. The van der Waals surface area contributed by atoms with Gasteiger partial charge in [0.05, 0.1) is 0 Å². The molecule has 1 unspecified atom stereocenters. The molecule has 19 heavy (non-hydrogen) atoms. The van der Waals surface area contributed by atoms with Crippen LogP contribution < -0.4 is 5.73 Å². The molecule has 98 valence electrons. The van der Waals surface area contributed by atoms with E-state index in [2.05, 4.69) is 0 Å². The summed E-state index contributed by atoms with van der Waals surface area (Å²) in [6.07, 6.45) is 1.99. The Morgan fingerprint density at radius 3 is 2.74 bits per heavy atom. The maximum atomic E-state index is 13.7. The monoisotopic (exact) mass is 259 g/mol. The Morgan fingerprint density at radius 1 is 1.11 bits per heavy atom. The SMILES string of the molecule is NC1(Cc2cc(F)ccc2F)CCc2ccccc21. The maximum absolute atomic E-state index is 13.7. The summed E-state index contributed by atoms with van der Waals surface area (Å²) in [5.74, 6) is -0.818. The van der Waals surface area contributed by atoms with Gasteiger partial charge in [-0.1, -0.05) is 24.3 Å². The van der Waals surface area contributed by atoms with Gasteiger partial charge in [-0.2, -0.15) is 0 Å². The summed E-state index contributed by atoms with van der Waals surface area (Å²) in [5.41, 5.74) is 8.45. The number of nitrogens with two attached hydrogens (primary N) is 1. The van der Waals surface area contributed by atoms with Gasteiger partial charge >= 0.3 is 0 Å². The van der Waals surface area contributed by atoms with Gasteiger partial charge < -0.3 is 5.73 Å². The molecular weight excluding hydrogens is 244 g/mol. The molecule has 2 aromatic carbocycles. The molecule has 0 bridgehead atoms. The van der Waals surface area contributed by atoms with Crippen molar-refractivity contribution in [1.29, 1.82) is 0 Å². The molecule has 0 spiro atoms. The Kier molecular flexibility index (Phi) is 2.86. The molecule has 2 aromatic rings. The first-order valence-corrected chi connectivity index (χ1v) is 6.40. The fourth-order valence-corrected chi connectivity index (χ4v) is 2.92. The molecule has 0 heterocycles. The molecular formula is C16H15F2N. The van der Waals surface area contributed by atoms with E-state index in [9.17, 15) is 8.78 Å². The molecule has 0 saturated heterocycles. The van der Waals surface area contributed by atoms with Crippen LogP contribution in [0.2, 0.25) is 0 Å². The van der Waals surface area contributed by atoms with Crippen LogP contribution in [0.3, 0.4) is 0 Å². The molecule has 1 nitrogen and oxygen atoms in total. The third-order valence-electron chi connectivity index (χ3n) is 3.91. The van der Waals surface area contributed by atoms with Crippen molar-refractivity contribution in [2.45, 2.75) is 24.8 Å². The second-order valence-electron chi connectivity index (χ2n) is 5.23. The van der Waals surface area contributed by atoms with Gasteiger partial charge in [0.2, 0.25) is 0 Å². The Bertz CT molecular complexity index is 624. The lowest BCUT2D eigenvalue weighted by molar-refractivity contribution is 0.427. The van der Waals surface area contributed by atoms with E-state index in [1.807, 2.05) is 24.3 Å². The minimum atomic E-state index is -0.592. The lowest BCUT2D eigenvalue weighted by Gasteiger charge is -2.26. The van der Waals surface area contributed by atoms with Gasteiger partial charge in [0, 0.05) is 5.54 Å². The summed E-state index contributed by atoms with van der Waals surface area (Å²) >= 11 is 0. The molecule has 1 aliphatic rings. The Labute approximate surface area is 111 Å². The predicted molar refractivity (Wildman–Crippen MR) is 70.7 cm³/mol. The standard InChI is InChI=1S/C16H15F2N/c17-13-5-6-15(18)12(9-13)10-16(19)8-7-11-3-1-2-4-14(11)16/h1-6,9H,7-8,10,19H2. The van der Waals surface area contributed by atoms with Crippen molar-refractivity contribution in [2.24, 2.45) is 5.73 Å². The number of halogens is 2. The zero-order chi connectivity index (χ0) is 13.5. The minimum absolute atomic E-state index is 0.327. The summed E-state index contributed by atoms with van der Waals surface area (Å²) in [6.45, 7) is 0. The van der Waals surface area contributed by atoms with Crippen LogP contribution in [0.25, 0.3) is 0 Å². The molecule has 3 heteroatoms. The molecule has 3 rings (SSSR count). The molecule has 0 amide bonds. The van der Waals surface area contributed by atoms with Gasteiger partial charge in [0.25, 0.3) is 0 Å². The van der Waals surface area contributed by atoms with Gasteiger partial charge in [-0.25, -0.2) is 8.78 Å². The lowest BCUT2D eigenvalue weighted by Crippen LogP contribution is -2.36. The van der Waals surface area contributed by atoms with Gasteiger partial charge in [0.1, 0.15) is 11.6 Å². The second kappa shape index (κ2) is 4.42. The third kappa shape index (κ3) is 2.15. The Hall–Kier alpha value is -1.74. The van der Waals surface area contributed by atoms with Gasteiger partial charge in [0.15, 0.2) is 0 Å². The van der Waals surface area contributed by atoms with Crippen LogP contribution in [-0.2, 0) is 18.4 Å². The van der Waals surface area contributed by atoms with E-state index in [1.165, 1.54) is 11.6 Å². The van der Waals surface area contributed by atoms with Crippen molar-refractivity contribution < 1.29 is 8.78 Å². The highest BCUT2D eigenvalue weighted by atomic mass is 19.1. The average molecular weight is 259 g/mol. The zero-order valence-corrected chi connectivity index (χ0v) is 10.5.